The van der Waals surface area contributed by atoms with Gasteiger partial charge in [0.05, 0.1) is 25.4 Å². The molecule has 0 bridgehead atoms. The van der Waals surface area contributed by atoms with Crippen molar-refractivity contribution in [1.29, 1.82) is 0 Å². The molecule has 41 heavy (non-hydrogen) atoms. The van der Waals surface area contributed by atoms with E-state index in [9.17, 15) is 13.2 Å². The second kappa shape index (κ2) is 12.1. The summed E-state index contributed by atoms with van der Waals surface area (Å²) in [4.78, 5) is 15.7. The largest absolute Gasteiger partial charge is 0.494 e. The lowest BCUT2D eigenvalue weighted by molar-refractivity contribution is -0.137. The fraction of sp³-hybridized carbons (Fsp3) is 0.438. The summed E-state index contributed by atoms with van der Waals surface area (Å²) in [6.07, 6.45) is 6.67. The molecule has 0 fully saturated rings. The summed E-state index contributed by atoms with van der Waals surface area (Å²) in [5.74, 6) is 0.972. The van der Waals surface area contributed by atoms with Crippen molar-refractivity contribution in [2.24, 2.45) is 0 Å². The Balaban J connectivity index is 1.38. The minimum Gasteiger partial charge on any atom is -0.494 e. The molecule has 2 aromatic carbocycles. The minimum absolute atomic E-state index is 0.0173. The molecule has 1 aromatic heterocycles. The van der Waals surface area contributed by atoms with E-state index in [0.29, 0.717) is 31.3 Å². The van der Waals surface area contributed by atoms with Crippen LogP contribution in [-0.2, 0) is 33.9 Å². The lowest BCUT2D eigenvalue weighted by Gasteiger charge is -2.20. The van der Waals surface area contributed by atoms with Gasteiger partial charge in [0.2, 0.25) is 5.88 Å². The van der Waals surface area contributed by atoms with Gasteiger partial charge >= 0.3 is 5.97 Å². The number of aromatic nitrogens is 1. The van der Waals surface area contributed by atoms with E-state index in [4.69, 9.17) is 19.3 Å². The van der Waals surface area contributed by atoms with Crippen LogP contribution < -0.4 is 14.2 Å². The molecular formula is C32H37NO7S. The molecule has 1 aliphatic heterocycles. The number of nitrogens with zero attached hydrogens (tertiary/aromatic N) is 1. The number of carbonyl (C=O) groups is 1. The van der Waals surface area contributed by atoms with Gasteiger partial charge in [-0.2, -0.15) is 0 Å². The van der Waals surface area contributed by atoms with Crippen molar-refractivity contribution in [1.82, 2.24) is 4.98 Å². The van der Waals surface area contributed by atoms with E-state index in [1.165, 1.54) is 34.1 Å². The molecule has 2 atom stereocenters. The number of aryl methyl sites for hydroxylation is 2. The molecule has 5 rings (SSSR count). The average Bonchev–Trinajstić information content (AvgIpc) is 3.53. The van der Waals surface area contributed by atoms with Crippen LogP contribution in [-0.4, -0.2) is 49.7 Å². The van der Waals surface area contributed by atoms with E-state index in [-0.39, 0.29) is 24.2 Å². The van der Waals surface area contributed by atoms with E-state index in [2.05, 4.69) is 49.2 Å². The fourth-order valence-electron chi connectivity index (χ4n) is 5.94. The summed E-state index contributed by atoms with van der Waals surface area (Å²) in [5.41, 5.74) is 8.11. The maximum atomic E-state index is 11.5. The highest BCUT2D eigenvalue weighted by molar-refractivity contribution is 7.90. The standard InChI is InChI=1S/C32H37NO7S/c1-4-20-14-23(38-12-7-13-41(3,36)37)15-21(5-2)32(20)26-9-6-8-25-24(26)10-11-28(25)40-30-17-29-27(18-33-30)22(19-39-29)16-31(34)35/h6,8-9,14-15,17-18,22,28H,4-5,7,10-13,16,19H2,1-3H3,(H,34,35). The Hall–Kier alpha value is -3.59. The molecule has 2 heterocycles. The van der Waals surface area contributed by atoms with E-state index in [1.807, 2.05) is 0 Å². The summed E-state index contributed by atoms with van der Waals surface area (Å²) >= 11 is 0. The molecule has 2 unspecified atom stereocenters. The number of aliphatic carboxylic acids is 1. The lowest BCUT2D eigenvalue weighted by Crippen LogP contribution is -2.08. The second-order valence-corrected chi connectivity index (χ2v) is 13.1. The van der Waals surface area contributed by atoms with Crippen LogP contribution in [0.1, 0.15) is 72.9 Å². The minimum atomic E-state index is -3.01. The molecule has 3 aromatic rings. The van der Waals surface area contributed by atoms with Crippen molar-refractivity contribution < 1.29 is 32.5 Å². The van der Waals surface area contributed by atoms with Gasteiger partial charge in [0, 0.05) is 30.0 Å². The topological polar surface area (TPSA) is 112 Å². The normalized spacial score (nSPS) is 17.5. The van der Waals surface area contributed by atoms with Crippen molar-refractivity contribution in [3.05, 3.63) is 70.4 Å². The molecule has 218 valence electrons. The Labute approximate surface area is 241 Å². The number of sulfone groups is 1. The number of hydrogen-bond acceptors (Lipinski definition) is 7. The predicted molar refractivity (Wildman–Crippen MR) is 157 cm³/mol. The van der Waals surface area contributed by atoms with Crippen LogP contribution in [0.3, 0.4) is 0 Å². The summed E-state index contributed by atoms with van der Waals surface area (Å²) in [7, 11) is -3.01. The number of fused-ring (bicyclic) bond motifs is 2. The molecule has 8 nitrogen and oxygen atoms in total. The van der Waals surface area contributed by atoms with Crippen molar-refractivity contribution >= 4 is 15.8 Å². The molecule has 1 N–H and O–H groups in total. The second-order valence-electron chi connectivity index (χ2n) is 10.8. The molecular weight excluding hydrogens is 542 g/mol. The van der Waals surface area contributed by atoms with Crippen molar-refractivity contribution in [2.45, 2.75) is 64.4 Å². The monoisotopic (exact) mass is 579 g/mol. The number of carboxylic acid groups (broad SMARTS) is 1. The highest BCUT2D eigenvalue weighted by Crippen LogP contribution is 2.44. The van der Waals surface area contributed by atoms with Gasteiger partial charge in [-0.25, -0.2) is 13.4 Å². The van der Waals surface area contributed by atoms with Gasteiger partial charge < -0.3 is 19.3 Å². The fourth-order valence-corrected chi connectivity index (χ4v) is 6.58. The average molecular weight is 580 g/mol. The van der Waals surface area contributed by atoms with Gasteiger partial charge in [-0.05, 0) is 77.6 Å². The zero-order valence-corrected chi connectivity index (χ0v) is 24.6. The third kappa shape index (κ3) is 6.50. The number of carboxylic acids is 1. The SMILES string of the molecule is CCc1cc(OCCCS(C)(=O)=O)cc(CC)c1-c1cccc2c1CCC2Oc1cc2c(cn1)C(CC(=O)O)CO2. The summed E-state index contributed by atoms with van der Waals surface area (Å²) in [6, 6.07) is 12.3. The Morgan fingerprint density at radius 3 is 2.56 bits per heavy atom. The number of rotatable bonds is 12. The molecule has 0 amide bonds. The van der Waals surface area contributed by atoms with Gasteiger partial charge in [0.15, 0.2) is 0 Å². The van der Waals surface area contributed by atoms with Crippen LogP contribution >= 0.6 is 0 Å². The number of hydrogen-bond donors (Lipinski definition) is 1. The summed E-state index contributed by atoms with van der Waals surface area (Å²) in [6.45, 7) is 4.99. The Morgan fingerprint density at radius 1 is 1.12 bits per heavy atom. The maximum absolute atomic E-state index is 11.5. The predicted octanol–water partition coefficient (Wildman–Crippen LogP) is 5.70. The molecule has 9 heteroatoms. The highest BCUT2D eigenvalue weighted by Gasteiger charge is 2.30. The first-order valence-corrected chi connectivity index (χ1v) is 16.3. The molecule has 0 saturated carbocycles. The first-order valence-electron chi connectivity index (χ1n) is 14.3. The molecule has 0 saturated heterocycles. The van der Waals surface area contributed by atoms with E-state index in [1.54, 1.807) is 12.3 Å². The van der Waals surface area contributed by atoms with E-state index < -0.39 is 15.8 Å². The molecule has 0 radical (unpaired) electrons. The van der Waals surface area contributed by atoms with E-state index in [0.717, 1.165) is 42.6 Å². The summed E-state index contributed by atoms with van der Waals surface area (Å²) in [5, 5.41) is 9.16. The van der Waals surface area contributed by atoms with Crippen LogP contribution in [0.2, 0.25) is 0 Å². The van der Waals surface area contributed by atoms with Crippen molar-refractivity contribution in [3.63, 3.8) is 0 Å². The van der Waals surface area contributed by atoms with Crippen LogP contribution in [0.25, 0.3) is 11.1 Å². The number of benzene rings is 2. The zero-order chi connectivity index (χ0) is 29.1. The van der Waals surface area contributed by atoms with Crippen LogP contribution in [0.5, 0.6) is 17.4 Å². The van der Waals surface area contributed by atoms with E-state index >= 15 is 0 Å². The van der Waals surface area contributed by atoms with Gasteiger partial charge in [0.25, 0.3) is 0 Å². The quantitative estimate of drug-likeness (QED) is 0.272. The summed E-state index contributed by atoms with van der Waals surface area (Å²) < 4.78 is 41.0. The van der Waals surface area contributed by atoms with Crippen molar-refractivity contribution in [3.8, 4) is 28.5 Å². The first kappa shape index (κ1) is 28.9. The van der Waals surface area contributed by atoms with Gasteiger partial charge in [0.1, 0.15) is 27.4 Å². The number of pyridine rings is 1. The van der Waals surface area contributed by atoms with Crippen LogP contribution in [0, 0.1) is 0 Å². The number of ether oxygens (including phenoxy) is 3. The Kier molecular flexibility index (Phi) is 8.54. The first-order chi connectivity index (χ1) is 19.7. The van der Waals surface area contributed by atoms with Crippen LogP contribution in [0.4, 0.5) is 0 Å². The molecule has 2 aliphatic rings. The zero-order valence-electron chi connectivity index (χ0n) is 23.8. The highest BCUT2D eigenvalue weighted by atomic mass is 32.2. The third-order valence-electron chi connectivity index (χ3n) is 7.88. The Morgan fingerprint density at radius 2 is 1.88 bits per heavy atom. The molecule has 1 aliphatic carbocycles. The van der Waals surface area contributed by atoms with Crippen molar-refractivity contribution in [2.75, 3.05) is 25.2 Å². The maximum Gasteiger partial charge on any atom is 0.304 e. The molecule has 0 spiro atoms. The van der Waals surface area contributed by atoms with Gasteiger partial charge in [-0.15, -0.1) is 0 Å². The third-order valence-corrected chi connectivity index (χ3v) is 8.91. The smallest absolute Gasteiger partial charge is 0.304 e. The lowest BCUT2D eigenvalue weighted by atomic mass is 9.87. The van der Waals surface area contributed by atoms with Gasteiger partial charge in [-0.1, -0.05) is 32.0 Å². The Bertz CT molecular complexity index is 1520. The van der Waals surface area contributed by atoms with Gasteiger partial charge in [-0.3, -0.25) is 4.79 Å². The van der Waals surface area contributed by atoms with Crippen LogP contribution in [0.15, 0.2) is 42.6 Å².